The highest BCUT2D eigenvalue weighted by Crippen LogP contribution is 2.28. The van der Waals surface area contributed by atoms with Crippen molar-refractivity contribution in [2.24, 2.45) is 17.8 Å². The number of Topliss-reactive ketones (excluding diaryl/α,β-unsaturated/α-hetero) is 3. The lowest BCUT2D eigenvalue weighted by atomic mass is 9.89. The van der Waals surface area contributed by atoms with Gasteiger partial charge < -0.3 is 140 Å². The molecule has 0 saturated carbocycles. The number of carboxylic acid groups (broad SMARTS) is 4. The number of carbonyl (C=O) groups is 15. The van der Waals surface area contributed by atoms with Crippen molar-refractivity contribution in [2.45, 2.75) is 220 Å². The molecule has 0 fully saturated rings. The molecule has 8 amide bonds. The molecule has 0 aliphatic carbocycles. The lowest BCUT2D eigenvalue weighted by molar-refractivity contribution is -0.170. The number of nitrogens with zero attached hydrogens (tertiary/aromatic N) is 4. The Labute approximate surface area is 688 Å². The fourth-order valence-corrected chi connectivity index (χ4v) is 11.6. The summed E-state index contributed by atoms with van der Waals surface area (Å²) >= 11 is 0. The van der Waals surface area contributed by atoms with E-state index in [0.29, 0.717) is 0 Å². The maximum Gasteiger partial charge on any atom is 0.471 e. The minimum atomic E-state index is -5.54. The minimum absolute atomic E-state index is 0.146. The van der Waals surface area contributed by atoms with Gasteiger partial charge in [0.2, 0.25) is 41.4 Å². The molecule has 2 heterocycles. The van der Waals surface area contributed by atoms with Gasteiger partial charge >= 0.3 is 36.0 Å². The molecule has 1 aromatic carbocycles. The Morgan fingerprint density at radius 3 is 1.20 bits per heavy atom. The number of halogens is 3. The monoisotopic (exact) mass is 1750 g/mol. The van der Waals surface area contributed by atoms with Crippen LogP contribution in [-0.4, -0.2) is 348 Å². The van der Waals surface area contributed by atoms with Crippen LogP contribution in [-0.2, 0) is 73.7 Å². The molecule has 682 valence electrons. The van der Waals surface area contributed by atoms with E-state index in [4.69, 9.17) is 10.8 Å². The van der Waals surface area contributed by atoms with E-state index in [2.05, 4.69) is 57.2 Å². The van der Waals surface area contributed by atoms with Crippen LogP contribution in [0.3, 0.4) is 0 Å². The summed E-state index contributed by atoms with van der Waals surface area (Å²) in [5, 5.41) is 204. The summed E-state index contributed by atoms with van der Waals surface area (Å²) in [6, 6.07) is -4.44. The number of benzene rings is 1. The molecule has 122 heavy (non-hydrogen) atoms. The Morgan fingerprint density at radius 2 is 0.844 bits per heavy atom. The zero-order valence-corrected chi connectivity index (χ0v) is 65.1. The molecule has 2 aromatic heterocycles. The van der Waals surface area contributed by atoms with Gasteiger partial charge in [-0.1, -0.05) is 6.92 Å². The zero-order chi connectivity index (χ0) is 92.3. The third-order valence-electron chi connectivity index (χ3n) is 18.9. The fourth-order valence-electron chi connectivity index (χ4n) is 11.6. The maximum atomic E-state index is 14.8. The Bertz CT molecular complexity index is 4130. The smallest absolute Gasteiger partial charge is 0.471 e. The number of nitrogen functional groups attached to an aromatic ring is 1. The van der Waals surface area contributed by atoms with Crippen molar-refractivity contribution in [1.29, 1.82) is 0 Å². The molecule has 0 spiro atoms. The van der Waals surface area contributed by atoms with Crippen LogP contribution in [0.4, 0.5) is 24.8 Å². The molecule has 0 bridgehead atoms. The predicted molar refractivity (Wildman–Crippen MR) is 401 cm³/mol. The quantitative estimate of drug-likeness (QED) is 0.0249. The first-order valence-corrected chi connectivity index (χ1v) is 37.6. The van der Waals surface area contributed by atoms with Crippen LogP contribution < -0.4 is 53.4 Å². The van der Waals surface area contributed by atoms with Crippen molar-refractivity contribution >= 4 is 111 Å². The van der Waals surface area contributed by atoms with E-state index in [9.17, 15) is 182 Å². The Morgan fingerprint density at radius 1 is 0.475 bits per heavy atom. The van der Waals surface area contributed by atoms with Crippen molar-refractivity contribution in [1.82, 2.24) is 57.2 Å². The van der Waals surface area contributed by atoms with Gasteiger partial charge in [0, 0.05) is 106 Å². The number of aromatic amines is 1. The van der Waals surface area contributed by atoms with Crippen LogP contribution in [0.5, 0.6) is 0 Å². The van der Waals surface area contributed by atoms with E-state index < -0.39 is 374 Å². The summed E-state index contributed by atoms with van der Waals surface area (Å²) in [6.45, 7) is -5.66. The number of carboxylic acids is 4. The molecule has 29 N–H and O–H groups in total. The highest BCUT2D eigenvalue weighted by atomic mass is 19.4. The fraction of sp³-hybridized carbons (Fsp3) is 0.620. The van der Waals surface area contributed by atoms with Gasteiger partial charge in [0.15, 0.2) is 22.7 Å². The van der Waals surface area contributed by atoms with Crippen molar-refractivity contribution < 1.29 is 182 Å². The van der Waals surface area contributed by atoms with Crippen molar-refractivity contribution in [2.75, 3.05) is 50.1 Å². The second kappa shape index (κ2) is 51.1. The second-order valence-corrected chi connectivity index (χ2v) is 28.2. The number of nitrogens with one attached hydrogen (secondary N) is 8. The molecule has 48 nitrogen and oxygen atoms in total. The number of aliphatic hydroxyl groups is 15. The number of nitrogens with two attached hydrogens (primary N) is 1. The van der Waals surface area contributed by atoms with Gasteiger partial charge in [-0.05, 0) is 69.2 Å². The third kappa shape index (κ3) is 34.9. The largest absolute Gasteiger partial charge is 0.481 e. The van der Waals surface area contributed by atoms with Gasteiger partial charge in [-0.25, -0.2) is 19.6 Å². The maximum absolute atomic E-state index is 14.8. The van der Waals surface area contributed by atoms with Gasteiger partial charge in [0.05, 0.1) is 68.7 Å². The lowest BCUT2D eigenvalue weighted by Crippen LogP contribution is -2.50. The molecule has 0 radical (unpaired) electrons. The van der Waals surface area contributed by atoms with Crippen LogP contribution >= 0.6 is 0 Å². The molecule has 0 unspecified atom stereocenters. The Balaban J connectivity index is 2.10. The van der Waals surface area contributed by atoms with Crippen LogP contribution in [0.25, 0.3) is 11.2 Å². The molecule has 19 atom stereocenters. The van der Waals surface area contributed by atoms with E-state index in [1.54, 1.807) is 0 Å². The first kappa shape index (κ1) is 105. The van der Waals surface area contributed by atoms with Gasteiger partial charge in [0.25, 0.3) is 11.5 Å². The Kier molecular flexibility index (Phi) is 44.1. The number of aliphatic carboxylic acids is 4. The van der Waals surface area contributed by atoms with Crippen molar-refractivity contribution in [3.05, 3.63) is 52.1 Å². The van der Waals surface area contributed by atoms with E-state index in [0.717, 1.165) is 30.5 Å². The van der Waals surface area contributed by atoms with Gasteiger partial charge in [-0.15, -0.1) is 0 Å². The van der Waals surface area contributed by atoms with E-state index >= 15 is 0 Å². The topological polar surface area (TPSA) is 825 Å². The summed E-state index contributed by atoms with van der Waals surface area (Å²) in [7, 11) is 0. The first-order chi connectivity index (χ1) is 57.1. The number of alkyl halides is 3. The van der Waals surface area contributed by atoms with Gasteiger partial charge in [-0.2, -0.15) is 18.2 Å². The molecule has 0 aliphatic heterocycles. The number of amides is 8. The molecular weight excluding hydrogens is 1650 g/mol. The van der Waals surface area contributed by atoms with E-state index in [1.165, 1.54) is 6.92 Å². The number of H-pyrrole nitrogens is 1. The van der Waals surface area contributed by atoms with Crippen molar-refractivity contribution in [3.8, 4) is 0 Å². The van der Waals surface area contributed by atoms with Crippen LogP contribution in [0, 0.1) is 17.8 Å². The van der Waals surface area contributed by atoms with Crippen molar-refractivity contribution in [3.63, 3.8) is 0 Å². The number of rotatable bonds is 58. The van der Waals surface area contributed by atoms with Crippen LogP contribution in [0.2, 0.25) is 0 Å². The van der Waals surface area contributed by atoms with Gasteiger partial charge in [0.1, 0.15) is 72.8 Å². The second-order valence-electron chi connectivity index (χ2n) is 28.2. The summed E-state index contributed by atoms with van der Waals surface area (Å²) in [6.07, 6.45) is -44.0. The first-order valence-electron chi connectivity index (χ1n) is 37.6. The van der Waals surface area contributed by atoms with Crippen LogP contribution in [0.1, 0.15) is 126 Å². The number of anilines is 2. The van der Waals surface area contributed by atoms with E-state index in [-0.39, 0.29) is 28.6 Å². The number of carbonyl (C=O) groups excluding carboxylic acids is 11. The van der Waals surface area contributed by atoms with Crippen LogP contribution in [0.15, 0.2) is 35.3 Å². The third-order valence-corrected chi connectivity index (χ3v) is 18.9. The zero-order valence-electron chi connectivity index (χ0n) is 65.1. The number of aromatic nitrogens is 4. The highest BCUT2D eigenvalue weighted by Gasteiger charge is 2.44. The number of aliphatic hydroxyl groups excluding tert-OH is 15. The predicted octanol–water partition coefficient (Wildman–Crippen LogP) is -10.2. The molecular formula is C71H102F3N13O35. The Hall–Kier alpha value is -10.9. The molecule has 0 saturated heterocycles. The lowest BCUT2D eigenvalue weighted by Gasteiger charge is -2.26. The standard InChI is InChI=1S/C71H102F3N13O35/c1-2-37(67(118)119)81-64(115)32(6-15-50(101)77-24-44(95)56(108)59(111)47(98)28-89)20-41(92)39(13-18-53(105)106)83-65(116)33(7-16-51(102)78-25-45(96)57(109)60(112)48(99)29-90)21-42(93)38(12-17-52(103)104)82-63(114)31(5-14-49(100)76-23-43(94)55(107)58(110)46(97)27-88)19-36(91)10-11-40(68(120)121)84-62(113)30-3-8-35(9-4-30)87(69(122)71(72,73)74)26-34-22-79-61-54(80-34)66(117)86-70(75)85-61/h3-4,8-9,22,31-33,37-40,43-48,55-60,88-90,94-99,107-112H,2,5-7,10-21,23-29H2,1H3,(H,76,100)(H,77,101)(H,78,102)(H,81,115)(H,82,114)(H,83,116)(H,84,113)(H,103,104)(H,105,106)(H,118,119)(H,120,121)(H3,75,79,85,86,117)/t31-,32-,33-,37-,38-,39-,40+,43+,44+,45+,46-,47-,48-,55-,56-,57-,58-,59-,60-/m1/s1. The highest BCUT2D eigenvalue weighted by molar-refractivity contribution is 6.01. The number of fused-ring (bicyclic) bond motifs is 1. The molecule has 0 aliphatic rings. The molecule has 3 aromatic rings. The summed E-state index contributed by atoms with van der Waals surface area (Å²) in [5.74, 6) is -27.4. The number of hydrogen-bond donors (Lipinski definition) is 28. The SMILES string of the molecule is CC[C@@H](NC(=O)[C@H](CCC(=O)NC[C@H](O)[C@@H](O)[C@H](O)[C@H](O)CO)CC(=O)[C@@H](CCC(=O)O)NC(=O)[C@H](CCC(=O)NC[C@H](O)[C@@H](O)[C@H](O)[C@H](O)CO)CC(=O)[C@@H](CCC(=O)O)NC(=O)[C@H](CCC(=O)NC[C@H](O)[C@@H](O)[C@H](O)[C@H](O)CO)CC(=O)CC[C@H](NC(=O)c1ccc(N(Cc2cnc3nc(N)[nH]c(=O)c3n2)C(=O)C(F)(F)F)cc1)C(=O)O)C(=O)O. The average molecular weight is 1750 g/mol. The van der Waals surface area contributed by atoms with E-state index in [1.807, 2.05) is 0 Å². The number of ketones is 3. The van der Waals surface area contributed by atoms with Gasteiger partial charge in [-0.3, -0.25) is 77.0 Å². The minimum Gasteiger partial charge on any atom is -0.481 e. The normalized spacial score (nSPS) is 16.3. The summed E-state index contributed by atoms with van der Waals surface area (Å²) in [5.41, 5.74) is 2.42. The summed E-state index contributed by atoms with van der Waals surface area (Å²) in [4.78, 5) is 228. The molecule has 3 rings (SSSR count). The summed E-state index contributed by atoms with van der Waals surface area (Å²) < 4.78 is 42.0. The average Bonchev–Trinajstić information content (AvgIpc) is 0.795. The molecule has 51 heteroatoms. The number of hydrogen-bond acceptors (Lipinski definition) is 35.